The zero-order valence-electron chi connectivity index (χ0n) is 10.1. The summed E-state index contributed by atoms with van der Waals surface area (Å²) in [6, 6.07) is 12.9. The molecule has 2 aromatic rings. The van der Waals surface area contributed by atoms with Gasteiger partial charge in [-0.1, -0.05) is 22.0 Å². The van der Waals surface area contributed by atoms with Crippen LogP contribution in [-0.4, -0.2) is 13.0 Å². The third-order valence-electron chi connectivity index (χ3n) is 2.50. The molecule has 0 unspecified atom stereocenters. The monoisotopic (exact) mass is 431 g/mol. The third-order valence-corrected chi connectivity index (χ3v) is 3.66. The first-order valence-corrected chi connectivity index (χ1v) is 7.38. The third kappa shape index (κ3) is 3.70. The number of carbonyl (C=O) groups is 1. The molecule has 0 heterocycles. The number of nitrogens with one attached hydrogen (secondary N) is 1. The highest BCUT2D eigenvalue weighted by molar-refractivity contribution is 14.1. The SMILES string of the molecule is COc1ccc(Br)cc1NC(=O)c1cccc(I)c1. The van der Waals surface area contributed by atoms with E-state index in [2.05, 4.69) is 43.8 Å². The van der Waals surface area contributed by atoms with Gasteiger partial charge in [0.25, 0.3) is 5.91 Å². The number of anilines is 1. The summed E-state index contributed by atoms with van der Waals surface area (Å²) in [5.41, 5.74) is 1.26. The van der Waals surface area contributed by atoms with Crippen molar-refractivity contribution in [2.24, 2.45) is 0 Å². The van der Waals surface area contributed by atoms with E-state index in [9.17, 15) is 4.79 Å². The van der Waals surface area contributed by atoms with Gasteiger partial charge in [0.15, 0.2) is 0 Å². The number of hydrogen-bond acceptors (Lipinski definition) is 2. The Morgan fingerprint density at radius 3 is 2.74 bits per heavy atom. The van der Waals surface area contributed by atoms with E-state index >= 15 is 0 Å². The van der Waals surface area contributed by atoms with Crippen molar-refractivity contribution in [3.05, 3.63) is 56.1 Å². The highest BCUT2D eigenvalue weighted by Gasteiger charge is 2.10. The largest absolute Gasteiger partial charge is 0.495 e. The van der Waals surface area contributed by atoms with Gasteiger partial charge in [0, 0.05) is 13.6 Å². The molecule has 0 atom stereocenters. The van der Waals surface area contributed by atoms with Gasteiger partial charge in [-0.05, 0) is 59.0 Å². The van der Waals surface area contributed by atoms with E-state index in [1.165, 1.54) is 0 Å². The first-order chi connectivity index (χ1) is 9.10. The summed E-state index contributed by atoms with van der Waals surface area (Å²) in [5, 5.41) is 2.85. The van der Waals surface area contributed by atoms with Crippen molar-refractivity contribution >= 4 is 50.1 Å². The topological polar surface area (TPSA) is 38.3 Å². The lowest BCUT2D eigenvalue weighted by Crippen LogP contribution is -2.12. The fraction of sp³-hybridized carbons (Fsp3) is 0.0714. The molecule has 19 heavy (non-hydrogen) atoms. The van der Waals surface area contributed by atoms with Crippen LogP contribution in [0, 0.1) is 3.57 Å². The molecule has 0 saturated carbocycles. The van der Waals surface area contributed by atoms with Crippen molar-refractivity contribution in [3.63, 3.8) is 0 Å². The van der Waals surface area contributed by atoms with Gasteiger partial charge in [-0.25, -0.2) is 0 Å². The van der Waals surface area contributed by atoms with E-state index < -0.39 is 0 Å². The van der Waals surface area contributed by atoms with Crippen LogP contribution in [0.25, 0.3) is 0 Å². The number of rotatable bonds is 3. The Bertz CT molecular complexity index is 616. The smallest absolute Gasteiger partial charge is 0.255 e. The fourth-order valence-corrected chi connectivity index (χ4v) is 2.51. The summed E-state index contributed by atoms with van der Waals surface area (Å²) >= 11 is 5.55. The van der Waals surface area contributed by atoms with Gasteiger partial charge in [0.05, 0.1) is 12.8 Å². The average molecular weight is 432 g/mol. The number of methoxy groups -OCH3 is 1. The van der Waals surface area contributed by atoms with Crippen molar-refractivity contribution in [1.82, 2.24) is 0 Å². The maximum Gasteiger partial charge on any atom is 0.255 e. The van der Waals surface area contributed by atoms with Crippen molar-refractivity contribution in [1.29, 1.82) is 0 Å². The minimum absolute atomic E-state index is 0.157. The van der Waals surface area contributed by atoms with Crippen LogP contribution in [0.2, 0.25) is 0 Å². The Labute approximate surface area is 133 Å². The van der Waals surface area contributed by atoms with Crippen molar-refractivity contribution in [2.75, 3.05) is 12.4 Å². The summed E-state index contributed by atoms with van der Waals surface area (Å²) in [6.45, 7) is 0. The molecule has 0 fully saturated rings. The van der Waals surface area contributed by atoms with Gasteiger partial charge < -0.3 is 10.1 Å². The highest BCUT2D eigenvalue weighted by atomic mass is 127. The van der Waals surface area contributed by atoms with Gasteiger partial charge in [-0.3, -0.25) is 4.79 Å². The van der Waals surface area contributed by atoms with Crippen molar-refractivity contribution in [2.45, 2.75) is 0 Å². The average Bonchev–Trinajstić information content (AvgIpc) is 2.39. The van der Waals surface area contributed by atoms with Crippen LogP contribution < -0.4 is 10.1 Å². The lowest BCUT2D eigenvalue weighted by molar-refractivity contribution is 0.102. The molecular formula is C14H11BrINO2. The minimum atomic E-state index is -0.157. The molecule has 0 spiro atoms. The van der Waals surface area contributed by atoms with E-state index in [0.717, 1.165) is 8.04 Å². The standard InChI is InChI=1S/C14H11BrINO2/c1-19-13-6-5-10(15)8-12(13)17-14(18)9-3-2-4-11(16)7-9/h2-8H,1H3,(H,17,18). The molecule has 0 aromatic heterocycles. The van der Waals surface area contributed by atoms with Gasteiger partial charge in [-0.2, -0.15) is 0 Å². The molecule has 0 aliphatic carbocycles. The molecule has 1 N–H and O–H groups in total. The summed E-state index contributed by atoms with van der Waals surface area (Å²) in [5.74, 6) is 0.470. The van der Waals surface area contributed by atoms with E-state index in [1.807, 2.05) is 30.3 Å². The number of hydrogen-bond donors (Lipinski definition) is 1. The van der Waals surface area contributed by atoms with Gasteiger partial charge in [0.2, 0.25) is 0 Å². The molecular weight excluding hydrogens is 421 g/mol. The van der Waals surface area contributed by atoms with E-state index in [-0.39, 0.29) is 5.91 Å². The molecule has 0 bridgehead atoms. The molecule has 3 nitrogen and oxygen atoms in total. The van der Waals surface area contributed by atoms with Crippen LogP contribution in [0.5, 0.6) is 5.75 Å². The number of benzene rings is 2. The molecule has 1 amide bonds. The molecule has 0 aliphatic rings. The lowest BCUT2D eigenvalue weighted by atomic mass is 10.2. The number of halogens is 2. The van der Waals surface area contributed by atoms with E-state index in [4.69, 9.17) is 4.74 Å². The number of carbonyl (C=O) groups excluding carboxylic acids is 1. The second-order valence-electron chi connectivity index (χ2n) is 3.81. The Hall–Kier alpha value is -1.08. The van der Waals surface area contributed by atoms with Crippen LogP contribution in [0.3, 0.4) is 0 Å². The number of ether oxygens (including phenoxy) is 1. The van der Waals surface area contributed by atoms with Gasteiger partial charge in [0.1, 0.15) is 5.75 Å². The molecule has 2 rings (SSSR count). The van der Waals surface area contributed by atoms with Crippen LogP contribution in [0.1, 0.15) is 10.4 Å². The lowest BCUT2D eigenvalue weighted by Gasteiger charge is -2.10. The highest BCUT2D eigenvalue weighted by Crippen LogP contribution is 2.28. The van der Waals surface area contributed by atoms with Crippen LogP contribution in [0.4, 0.5) is 5.69 Å². The molecule has 0 aliphatic heterocycles. The predicted octanol–water partition coefficient (Wildman–Crippen LogP) is 4.31. The minimum Gasteiger partial charge on any atom is -0.495 e. The van der Waals surface area contributed by atoms with Crippen LogP contribution in [0.15, 0.2) is 46.9 Å². The first-order valence-electron chi connectivity index (χ1n) is 5.50. The second kappa shape index (κ2) is 6.38. The summed E-state index contributed by atoms with van der Waals surface area (Å²) in [4.78, 5) is 12.2. The number of amides is 1. The Morgan fingerprint density at radius 2 is 2.05 bits per heavy atom. The normalized spacial score (nSPS) is 10.1. The van der Waals surface area contributed by atoms with Gasteiger partial charge in [-0.15, -0.1) is 0 Å². The molecule has 0 saturated heterocycles. The zero-order chi connectivity index (χ0) is 13.8. The summed E-state index contributed by atoms with van der Waals surface area (Å²) < 4.78 is 7.12. The van der Waals surface area contributed by atoms with Crippen molar-refractivity contribution in [3.8, 4) is 5.75 Å². The summed E-state index contributed by atoms with van der Waals surface area (Å²) in [7, 11) is 1.57. The van der Waals surface area contributed by atoms with E-state index in [0.29, 0.717) is 17.0 Å². The molecule has 98 valence electrons. The predicted molar refractivity (Wildman–Crippen MR) is 87.8 cm³/mol. The quantitative estimate of drug-likeness (QED) is 0.735. The second-order valence-corrected chi connectivity index (χ2v) is 5.97. The molecule has 0 radical (unpaired) electrons. The van der Waals surface area contributed by atoms with Crippen molar-refractivity contribution < 1.29 is 9.53 Å². The molecule has 5 heteroatoms. The first kappa shape index (κ1) is 14.3. The van der Waals surface area contributed by atoms with Gasteiger partial charge >= 0.3 is 0 Å². The molecule has 2 aromatic carbocycles. The zero-order valence-corrected chi connectivity index (χ0v) is 13.9. The maximum absolute atomic E-state index is 12.2. The Morgan fingerprint density at radius 1 is 1.26 bits per heavy atom. The van der Waals surface area contributed by atoms with E-state index in [1.54, 1.807) is 19.2 Å². The van der Waals surface area contributed by atoms with Crippen LogP contribution >= 0.6 is 38.5 Å². The Kier molecular flexibility index (Phi) is 4.81. The summed E-state index contributed by atoms with van der Waals surface area (Å²) in [6.07, 6.45) is 0. The maximum atomic E-state index is 12.2. The fourth-order valence-electron chi connectivity index (χ4n) is 1.60. The van der Waals surface area contributed by atoms with Crippen LogP contribution in [-0.2, 0) is 0 Å². The Balaban J connectivity index is 2.26.